The summed E-state index contributed by atoms with van der Waals surface area (Å²) in [6.45, 7) is 8.20. The Labute approximate surface area is 65.4 Å². The third kappa shape index (κ3) is 5.42. The largest absolute Gasteiger partial charge is 0.541 e. The van der Waals surface area contributed by atoms with Crippen molar-refractivity contribution in [1.29, 1.82) is 0 Å². The summed E-state index contributed by atoms with van der Waals surface area (Å²) in [5.41, 5.74) is -0.557. The molecule has 0 saturated carbocycles. The fourth-order valence-corrected chi connectivity index (χ4v) is 0.209. The Balaban J connectivity index is 3.73. The van der Waals surface area contributed by atoms with Crippen molar-refractivity contribution in [2.75, 3.05) is 0 Å². The molecule has 0 aromatic heterocycles. The van der Waals surface area contributed by atoms with Crippen LogP contribution in [0.25, 0.3) is 0 Å². The smallest absolute Gasteiger partial charge is 0.180 e. The van der Waals surface area contributed by atoms with Gasteiger partial charge in [0.25, 0.3) is 0 Å². The lowest BCUT2D eigenvalue weighted by Crippen LogP contribution is -2.28. The number of aliphatic carboxylic acids is 1. The van der Waals surface area contributed by atoms with Gasteiger partial charge in [0.15, 0.2) is 5.76 Å². The van der Waals surface area contributed by atoms with Gasteiger partial charge < -0.3 is 14.8 Å². The van der Waals surface area contributed by atoms with Crippen LogP contribution in [0.1, 0.15) is 20.8 Å². The molecule has 0 aromatic carbocycles. The van der Waals surface area contributed by atoms with Crippen molar-refractivity contribution in [2.45, 2.75) is 26.4 Å². The average molecular weight is 159 g/mol. The summed E-state index contributed by atoms with van der Waals surface area (Å²) in [5.74, 6) is -2.01. The number of carboxylic acids is 1. The molecule has 0 rings (SSSR count). The summed E-state index contributed by atoms with van der Waals surface area (Å²) in [6.07, 6.45) is 0. The maximum absolute atomic E-state index is 10.0. The van der Waals surface area contributed by atoms with E-state index in [-0.39, 0.29) is 0 Å². The van der Waals surface area contributed by atoms with Crippen molar-refractivity contribution in [1.82, 2.24) is 0 Å². The molecule has 0 fully saturated rings. The molecule has 0 radical (unpaired) electrons. The molecule has 11 heavy (non-hydrogen) atoms. The monoisotopic (exact) mass is 159 g/mol. The Morgan fingerprint density at radius 3 is 2.18 bits per heavy atom. The maximum atomic E-state index is 10.0. The van der Waals surface area contributed by atoms with Crippen LogP contribution >= 0.6 is 0 Å². The number of carboxylic acid groups (broad SMARTS) is 1. The van der Waals surface area contributed by atoms with E-state index in [4.69, 9.17) is 0 Å². The molecule has 0 spiro atoms. The molecule has 4 heteroatoms. The lowest BCUT2D eigenvalue weighted by molar-refractivity contribution is -0.345. The molecule has 0 amide bonds. The van der Waals surface area contributed by atoms with Gasteiger partial charge in [0, 0.05) is 0 Å². The Kier molecular flexibility index (Phi) is 3.07. The van der Waals surface area contributed by atoms with Crippen LogP contribution in [0.2, 0.25) is 0 Å². The molecular formula is C7H11O4-. The van der Waals surface area contributed by atoms with E-state index in [1.807, 2.05) is 0 Å². The minimum atomic E-state index is -1.48. The standard InChI is InChI=1S/C7H12O4/c1-5(6(8)9)10-11-7(2,3)4/h1H2,2-4H3,(H,8,9)/p-1. The Bertz CT molecular complexity index is 166. The van der Waals surface area contributed by atoms with Crippen molar-refractivity contribution >= 4 is 5.97 Å². The van der Waals surface area contributed by atoms with Crippen molar-refractivity contribution < 1.29 is 19.7 Å². The number of rotatable bonds is 3. The molecule has 0 saturated heterocycles. The second-order valence-corrected chi connectivity index (χ2v) is 2.99. The maximum Gasteiger partial charge on any atom is 0.180 e. The minimum absolute atomic E-state index is 0.528. The predicted molar refractivity (Wildman–Crippen MR) is 36.1 cm³/mol. The normalized spacial score (nSPS) is 10.8. The lowest BCUT2D eigenvalue weighted by Gasteiger charge is -2.18. The summed E-state index contributed by atoms with van der Waals surface area (Å²) < 4.78 is 0. The topological polar surface area (TPSA) is 58.6 Å². The molecule has 0 aliphatic carbocycles. The Morgan fingerprint density at radius 2 is 1.91 bits per heavy atom. The number of hydrogen-bond donors (Lipinski definition) is 0. The van der Waals surface area contributed by atoms with E-state index in [0.29, 0.717) is 0 Å². The number of carbonyl (C=O) groups excluding carboxylic acids is 1. The first-order valence-corrected chi connectivity index (χ1v) is 3.09. The number of carbonyl (C=O) groups is 1. The summed E-state index contributed by atoms with van der Waals surface area (Å²) in [4.78, 5) is 18.9. The highest BCUT2D eigenvalue weighted by Crippen LogP contribution is 2.09. The molecule has 0 aliphatic heterocycles. The molecule has 0 heterocycles. The van der Waals surface area contributed by atoms with Gasteiger partial charge in [0.05, 0.1) is 0 Å². The van der Waals surface area contributed by atoms with E-state index in [1.54, 1.807) is 20.8 Å². The van der Waals surface area contributed by atoms with Crippen molar-refractivity contribution in [3.8, 4) is 0 Å². The first-order valence-electron chi connectivity index (χ1n) is 3.09. The zero-order valence-corrected chi connectivity index (χ0v) is 6.84. The third-order valence-electron chi connectivity index (χ3n) is 0.620. The molecule has 0 bridgehead atoms. The van der Waals surface area contributed by atoms with Gasteiger partial charge >= 0.3 is 0 Å². The average Bonchev–Trinajstić information content (AvgIpc) is 1.80. The van der Waals surface area contributed by atoms with Crippen molar-refractivity contribution in [2.24, 2.45) is 0 Å². The van der Waals surface area contributed by atoms with Gasteiger partial charge in [0.2, 0.25) is 0 Å². The van der Waals surface area contributed by atoms with Gasteiger partial charge in [-0.1, -0.05) is 6.58 Å². The zero-order chi connectivity index (χ0) is 9.07. The SMILES string of the molecule is C=C(OOC(C)(C)C)C(=O)[O-]. The Morgan fingerprint density at radius 1 is 1.45 bits per heavy atom. The quantitative estimate of drug-likeness (QED) is 0.251. The summed E-state index contributed by atoms with van der Waals surface area (Å²) in [6, 6.07) is 0. The van der Waals surface area contributed by atoms with Gasteiger partial charge in [-0.15, -0.1) is 0 Å². The Hall–Kier alpha value is -1.03. The fourth-order valence-electron chi connectivity index (χ4n) is 0.209. The van der Waals surface area contributed by atoms with Crippen LogP contribution in [0.4, 0.5) is 0 Å². The second kappa shape index (κ2) is 3.39. The predicted octanol–water partition coefficient (Wildman–Crippen LogP) is -0.00330. The molecular weight excluding hydrogens is 148 g/mol. The highest BCUT2D eigenvalue weighted by molar-refractivity contribution is 5.81. The zero-order valence-electron chi connectivity index (χ0n) is 6.84. The molecule has 64 valence electrons. The van der Waals surface area contributed by atoms with Crippen LogP contribution < -0.4 is 5.11 Å². The molecule has 0 N–H and O–H groups in total. The summed E-state index contributed by atoms with van der Waals surface area (Å²) in [7, 11) is 0. The highest BCUT2D eigenvalue weighted by Gasteiger charge is 2.12. The first kappa shape index (κ1) is 9.97. The van der Waals surface area contributed by atoms with Crippen LogP contribution in [0.5, 0.6) is 0 Å². The van der Waals surface area contributed by atoms with Crippen LogP contribution in [0.15, 0.2) is 12.3 Å². The van der Waals surface area contributed by atoms with Crippen LogP contribution in [-0.4, -0.2) is 11.6 Å². The van der Waals surface area contributed by atoms with Crippen LogP contribution in [-0.2, 0) is 14.6 Å². The first-order chi connectivity index (χ1) is 4.83. The highest BCUT2D eigenvalue weighted by atomic mass is 17.2. The van der Waals surface area contributed by atoms with Gasteiger partial charge in [-0.25, -0.2) is 0 Å². The second-order valence-electron chi connectivity index (χ2n) is 2.99. The number of hydrogen-bond acceptors (Lipinski definition) is 4. The van der Waals surface area contributed by atoms with Crippen molar-refractivity contribution in [3.05, 3.63) is 12.3 Å². The van der Waals surface area contributed by atoms with E-state index < -0.39 is 17.3 Å². The van der Waals surface area contributed by atoms with Gasteiger partial charge in [-0.2, -0.15) is 4.89 Å². The molecule has 4 nitrogen and oxygen atoms in total. The van der Waals surface area contributed by atoms with Gasteiger partial charge in [-0.05, 0) is 20.8 Å². The van der Waals surface area contributed by atoms with E-state index in [0.717, 1.165) is 0 Å². The van der Waals surface area contributed by atoms with E-state index in [1.165, 1.54) is 0 Å². The molecule has 0 aromatic rings. The van der Waals surface area contributed by atoms with Gasteiger partial charge in [0.1, 0.15) is 11.6 Å². The summed E-state index contributed by atoms with van der Waals surface area (Å²) in [5, 5.41) is 10.0. The minimum Gasteiger partial charge on any atom is -0.541 e. The summed E-state index contributed by atoms with van der Waals surface area (Å²) >= 11 is 0. The lowest BCUT2D eigenvalue weighted by atomic mass is 10.2. The molecule has 0 aliphatic rings. The van der Waals surface area contributed by atoms with Crippen molar-refractivity contribution in [3.63, 3.8) is 0 Å². The van der Waals surface area contributed by atoms with Gasteiger partial charge in [-0.3, -0.25) is 0 Å². The van der Waals surface area contributed by atoms with E-state index in [9.17, 15) is 9.90 Å². The molecule has 0 unspecified atom stereocenters. The van der Waals surface area contributed by atoms with E-state index in [2.05, 4.69) is 16.4 Å². The van der Waals surface area contributed by atoms with E-state index >= 15 is 0 Å². The van der Waals surface area contributed by atoms with Crippen LogP contribution in [0, 0.1) is 0 Å². The third-order valence-corrected chi connectivity index (χ3v) is 0.620. The molecule has 0 atom stereocenters. The fraction of sp³-hybridized carbons (Fsp3) is 0.571. The van der Waals surface area contributed by atoms with Crippen LogP contribution in [0.3, 0.4) is 0 Å².